The number of hydrogen-bond donors (Lipinski definition) is 1. The van der Waals surface area contributed by atoms with Crippen molar-refractivity contribution in [1.82, 2.24) is 5.32 Å². The summed E-state index contributed by atoms with van der Waals surface area (Å²) in [6.07, 6.45) is 6.90. The third-order valence-corrected chi connectivity index (χ3v) is 2.97. The molecule has 0 aliphatic rings. The fraction of sp³-hybridized carbons (Fsp3) is 0.714. The summed E-state index contributed by atoms with van der Waals surface area (Å²) in [5.41, 5.74) is 2.94. The Morgan fingerprint density at radius 2 is 1.87 bits per heavy atom. The van der Waals surface area contributed by atoms with E-state index in [4.69, 9.17) is 0 Å². The van der Waals surface area contributed by atoms with Crippen molar-refractivity contribution >= 4 is 0 Å². The zero-order valence-electron chi connectivity index (χ0n) is 11.1. The molecule has 0 amide bonds. The molecule has 0 spiro atoms. The lowest BCUT2D eigenvalue weighted by Gasteiger charge is -2.11. The van der Waals surface area contributed by atoms with Crippen molar-refractivity contribution in [1.29, 1.82) is 0 Å². The van der Waals surface area contributed by atoms with Crippen LogP contribution in [0.5, 0.6) is 0 Å². The predicted molar refractivity (Wildman–Crippen MR) is 70.1 cm³/mol. The quantitative estimate of drug-likeness (QED) is 0.495. The smallest absolute Gasteiger partial charge is 0.00434 e. The van der Waals surface area contributed by atoms with Crippen LogP contribution in [0.15, 0.2) is 23.3 Å². The zero-order valence-corrected chi connectivity index (χ0v) is 11.1. The molecule has 0 saturated heterocycles. The summed E-state index contributed by atoms with van der Waals surface area (Å²) in [7, 11) is 0. The van der Waals surface area contributed by atoms with Crippen LogP contribution in [-0.4, -0.2) is 13.1 Å². The highest BCUT2D eigenvalue weighted by Gasteiger charge is 2.02. The first-order valence-corrected chi connectivity index (χ1v) is 6.16. The van der Waals surface area contributed by atoms with Gasteiger partial charge in [0.05, 0.1) is 0 Å². The molecule has 0 aromatic rings. The molecule has 1 atom stereocenters. The number of allylic oxidation sites excluding steroid dienone is 4. The summed E-state index contributed by atoms with van der Waals surface area (Å²) in [4.78, 5) is 0. The van der Waals surface area contributed by atoms with Crippen LogP contribution in [0.25, 0.3) is 0 Å². The second kappa shape index (κ2) is 8.72. The van der Waals surface area contributed by atoms with Gasteiger partial charge < -0.3 is 5.32 Å². The fourth-order valence-corrected chi connectivity index (χ4v) is 1.28. The van der Waals surface area contributed by atoms with Crippen LogP contribution in [0, 0.1) is 5.92 Å². The van der Waals surface area contributed by atoms with Gasteiger partial charge in [-0.25, -0.2) is 0 Å². The first-order valence-electron chi connectivity index (χ1n) is 6.16. The van der Waals surface area contributed by atoms with Gasteiger partial charge in [0, 0.05) is 0 Å². The topological polar surface area (TPSA) is 12.0 Å². The van der Waals surface area contributed by atoms with E-state index in [-0.39, 0.29) is 0 Å². The maximum atomic E-state index is 3.37. The monoisotopic (exact) mass is 209 g/mol. The summed E-state index contributed by atoms with van der Waals surface area (Å²) in [5, 5.41) is 3.37. The first kappa shape index (κ1) is 14.4. The average Bonchev–Trinajstić information content (AvgIpc) is 2.25. The van der Waals surface area contributed by atoms with Crippen molar-refractivity contribution in [3.8, 4) is 0 Å². The molecule has 0 saturated carbocycles. The van der Waals surface area contributed by atoms with E-state index in [1.807, 2.05) is 0 Å². The van der Waals surface area contributed by atoms with Gasteiger partial charge in [0.2, 0.25) is 0 Å². The number of hydrogen-bond acceptors (Lipinski definition) is 1. The molecule has 0 aliphatic carbocycles. The molecule has 0 aromatic carbocycles. The molecule has 1 unspecified atom stereocenters. The Kier molecular flexibility index (Phi) is 8.40. The van der Waals surface area contributed by atoms with Crippen LogP contribution in [0.1, 0.15) is 47.5 Å². The van der Waals surface area contributed by atoms with Crippen LogP contribution in [0.4, 0.5) is 0 Å². The van der Waals surface area contributed by atoms with Crippen molar-refractivity contribution in [3.63, 3.8) is 0 Å². The van der Waals surface area contributed by atoms with E-state index < -0.39 is 0 Å². The number of rotatable bonds is 7. The van der Waals surface area contributed by atoms with Crippen molar-refractivity contribution < 1.29 is 0 Å². The fourth-order valence-electron chi connectivity index (χ4n) is 1.28. The van der Waals surface area contributed by atoms with Crippen molar-refractivity contribution in [2.45, 2.75) is 47.5 Å². The maximum Gasteiger partial charge on any atom is -0.00434 e. The minimum atomic E-state index is 0.685. The van der Waals surface area contributed by atoms with Gasteiger partial charge in [-0.05, 0) is 45.7 Å². The summed E-state index contributed by atoms with van der Waals surface area (Å²) in [5.74, 6) is 0.685. The molecule has 1 heteroatoms. The lowest BCUT2D eigenvalue weighted by Crippen LogP contribution is -2.16. The van der Waals surface area contributed by atoms with Crippen LogP contribution >= 0.6 is 0 Å². The Balaban J connectivity index is 4.01. The number of nitrogens with one attached hydrogen (secondary N) is 1. The highest BCUT2D eigenvalue weighted by Crippen LogP contribution is 2.14. The maximum absolute atomic E-state index is 3.37. The Labute approximate surface area is 95.7 Å². The van der Waals surface area contributed by atoms with Gasteiger partial charge in [0.1, 0.15) is 0 Å². The molecular weight excluding hydrogens is 182 g/mol. The molecule has 15 heavy (non-hydrogen) atoms. The second-order valence-corrected chi connectivity index (χ2v) is 4.32. The van der Waals surface area contributed by atoms with Gasteiger partial charge in [0.25, 0.3) is 0 Å². The second-order valence-electron chi connectivity index (χ2n) is 4.32. The van der Waals surface area contributed by atoms with E-state index in [0.29, 0.717) is 5.92 Å². The Bertz CT molecular complexity index is 213. The minimum Gasteiger partial charge on any atom is -0.317 e. The third-order valence-electron chi connectivity index (χ3n) is 2.97. The van der Waals surface area contributed by atoms with E-state index in [2.05, 4.69) is 52.1 Å². The largest absolute Gasteiger partial charge is 0.317 e. The molecule has 0 bridgehead atoms. The first-order chi connectivity index (χ1) is 7.11. The van der Waals surface area contributed by atoms with Gasteiger partial charge >= 0.3 is 0 Å². The molecule has 1 N–H and O–H groups in total. The Morgan fingerprint density at radius 3 is 2.40 bits per heavy atom. The molecule has 1 nitrogen and oxygen atoms in total. The summed E-state index contributed by atoms with van der Waals surface area (Å²) in [6, 6.07) is 0. The van der Waals surface area contributed by atoms with Crippen molar-refractivity contribution in [3.05, 3.63) is 23.3 Å². The third kappa shape index (κ3) is 7.38. The molecule has 0 heterocycles. The highest BCUT2D eigenvalue weighted by atomic mass is 14.8. The molecule has 0 rings (SSSR count). The van der Waals surface area contributed by atoms with Gasteiger partial charge in [0.15, 0.2) is 0 Å². The van der Waals surface area contributed by atoms with Crippen molar-refractivity contribution in [2.75, 3.05) is 13.1 Å². The highest BCUT2D eigenvalue weighted by molar-refractivity contribution is 5.16. The van der Waals surface area contributed by atoms with Gasteiger partial charge in [-0.3, -0.25) is 0 Å². The molecule has 0 aliphatic heterocycles. The average molecular weight is 209 g/mol. The molecule has 0 radical (unpaired) electrons. The van der Waals surface area contributed by atoms with E-state index in [0.717, 1.165) is 19.5 Å². The van der Waals surface area contributed by atoms with Gasteiger partial charge in [-0.2, -0.15) is 0 Å². The van der Waals surface area contributed by atoms with E-state index in [1.54, 1.807) is 0 Å². The normalized spacial score (nSPS) is 15.5. The van der Waals surface area contributed by atoms with Crippen LogP contribution in [-0.2, 0) is 0 Å². The van der Waals surface area contributed by atoms with E-state index in [9.17, 15) is 0 Å². The molecular formula is C14H27N. The SMILES string of the molecule is CCNCCC(C)C(C)=CC=C(C)CC. The lowest BCUT2D eigenvalue weighted by atomic mass is 9.98. The van der Waals surface area contributed by atoms with Crippen LogP contribution in [0.3, 0.4) is 0 Å². The van der Waals surface area contributed by atoms with E-state index >= 15 is 0 Å². The van der Waals surface area contributed by atoms with Crippen LogP contribution < -0.4 is 5.32 Å². The Morgan fingerprint density at radius 1 is 1.20 bits per heavy atom. The summed E-state index contributed by atoms with van der Waals surface area (Å²) < 4.78 is 0. The van der Waals surface area contributed by atoms with Gasteiger partial charge in [-0.1, -0.05) is 44.1 Å². The van der Waals surface area contributed by atoms with E-state index in [1.165, 1.54) is 17.6 Å². The summed E-state index contributed by atoms with van der Waals surface area (Å²) in [6.45, 7) is 13.3. The Hall–Kier alpha value is -0.560. The predicted octanol–water partition coefficient (Wildman–Crippen LogP) is 3.92. The molecule has 88 valence electrons. The van der Waals surface area contributed by atoms with Gasteiger partial charge in [-0.15, -0.1) is 0 Å². The summed E-state index contributed by atoms with van der Waals surface area (Å²) >= 11 is 0. The minimum absolute atomic E-state index is 0.685. The van der Waals surface area contributed by atoms with Crippen LogP contribution in [0.2, 0.25) is 0 Å². The standard InChI is InChI=1S/C14H27N/c1-6-12(3)8-9-13(4)14(5)10-11-15-7-2/h8-9,14-15H,6-7,10-11H2,1-5H3. The zero-order chi connectivity index (χ0) is 11.7. The van der Waals surface area contributed by atoms with Crippen molar-refractivity contribution in [2.24, 2.45) is 5.92 Å². The molecule has 0 fully saturated rings. The molecule has 0 aromatic heterocycles. The lowest BCUT2D eigenvalue weighted by molar-refractivity contribution is 0.566.